The molecule has 41 heavy (non-hydrogen) atoms. The van der Waals surface area contributed by atoms with Gasteiger partial charge in [-0.1, -0.05) is 23.7 Å². The molecule has 0 saturated carbocycles. The average Bonchev–Trinajstić information content (AvgIpc) is 3.27. The van der Waals surface area contributed by atoms with Gasteiger partial charge in [-0.3, -0.25) is 9.78 Å². The second-order valence-electron chi connectivity index (χ2n) is 11.2. The Hall–Kier alpha value is -3.98. The zero-order chi connectivity index (χ0) is 29.9. The van der Waals surface area contributed by atoms with Crippen LogP contribution >= 0.6 is 11.6 Å². The Morgan fingerprint density at radius 3 is 2.46 bits per heavy atom. The quantitative estimate of drug-likeness (QED) is 0.199. The molecule has 1 fully saturated rings. The van der Waals surface area contributed by atoms with E-state index in [1.54, 1.807) is 24.3 Å². The number of carbonyl (C=O) groups excluding carboxylic acids is 3. The monoisotopic (exact) mass is 579 g/mol. The third-order valence-electron chi connectivity index (χ3n) is 6.64. The van der Waals surface area contributed by atoms with Gasteiger partial charge in [0, 0.05) is 5.92 Å². The van der Waals surface area contributed by atoms with Crippen molar-refractivity contribution in [1.29, 1.82) is 0 Å². The number of carbonyl (C=O) groups is 3. The Labute approximate surface area is 244 Å². The van der Waals surface area contributed by atoms with Gasteiger partial charge >= 0.3 is 17.9 Å². The number of benzene rings is 1. The second kappa shape index (κ2) is 12.3. The van der Waals surface area contributed by atoms with E-state index in [1.165, 1.54) is 7.11 Å². The molecule has 9 nitrogen and oxygen atoms in total. The summed E-state index contributed by atoms with van der Waals surface area (Å²) >= 11 is 5.99. The van der Waals surface area contributed by atoms with Crippen LogP contribution in [-0.2, 0) is 25.4 Å². The van der Waals surface area contributed by atoms with Gasteiger partial charge in [-0.15, -0.1) is 0 Å². The maximum atomic E-state index is 12.9. The van der Waals surface area contributed by atoms with E-state index in [-0.39, 0.29) is 41.4 Å². The number of nitrogens with zero attached hydrogens (tertiary/aromatic N) is 2. The first-order valence-electron chi connectivity index (χ1n) is 13.3. The van der Waals surface area contributed by atoms with Gasteiger partial charge in [-0.25, -0.2) is 14.6 Å². The normalized spacial score (nSPS) is 17.5. The van der Waals surface area contributed by atoms with Crippen LogP contribution < -0.4 is 5.32 Å². The number of anilines is 1. The van der Waals surface area contributed by atoms with Crippen molar-refractivity contribution in [3.05, 3.63) is 87.5 Å². The first-order valence-corrected chi connectivity index (χ1v) is 13.7. The van der Waals surface area contributed by atoms with E-state index in [1.807, 2.05) is 58.9 Å². The lowest BCUT2D eigenvalue weighted by molar-refractivity contribution is -0.139. The summed E-state index contributed by atoms with van der Waals surface area (Å²) in [7, 11) is 1.28. The smallest absolute Gasteiger partial charge is 0.358 e. The molecule has 1 N–H and O–H groups in total. The van der Waals surface area contributed by atoms with E-state index in [0.717, 1.165) is 11.1 Å². The van der Waals surface area contributed by atoms with Gasteiger partial charge in [-0.05, 0) is 88.6 Å². The minimum atomic E-state index is -0.615. The molecule has 0 spiro atoms. The highest BCUT2D eigenvalue weighted by Crippen LogP contribution is 2.35. The van der Waals surface area contributed by atoms with Gasteiger partial charge < -0.3 is 19.5 Å². The summed E-state index contributed by atoms with van der Waals surface area (Å²) in [6.45, 7) is 9.59. The highest BCUT2D eigenvalue weighted by molar-refractivity contribution is 6.29. The molecule has 3 aromatic rings. The molecule has 1 unspecified atom stereocenters. The van der Waals surface area contributed by atoms with Crippen LogP contribution in [0.2, 0.25) is 5.15 Å². The van der Waals surface area contributed by atoms with Gasteiger partial charge in [0.05, 0.1) is 42.4 Å². The number of methoxy groups -OCH3 is 1. The summed E-state index contributed by atoms with van der Waals surface area (Å²) in [5, 5.41) is 3.44. The highest BCUT2D eigenvalue weighted by atomic mass is 35.5. The lowest BCUT2D eigenvalue weighted by Gasteiger charge is -2.21. The number of aromatic nitrogens is 2. The summed E-state index contributed by atoms with van der Waals surface area (Å²) in [4.78, 5) is 46.5. The first-order chi connectivity index (χ1) is 19.3. The molecule has 10 heteroatoms. The average molecular weight is 580 g/mol. The second-order valence-corrected chi connectivity index (χ2v) is 11.5. The molecule has 1 aromatic carbocycles. The topological polar surface area (TPSA) is 117 Å². The van der Waals surface area contributed by atoms with Gasteiger partial charge in [-0.2, -0.15) is 0 Å². The molecule has 0 amide bonds. The molecule has 1 saturated heterocycles. The molecule has 0 aliphatic carbocycles. The molecular weight excluding hydrogens is 546 g/mol. The van der Waals surface area contributed by atoms with Crippen LogP contribution in [-0.4, -0.2) is 47.2 Å². The van der Waals surface area contributed by atoms with Crippen molar-refractivity contribution < 1.29 is 28.6 Å². The molecule has 4 rings (SSSR count). The van der Waals surface area contributed by atoms with Crippen molar-refractivity contribution in [2.75, 3.05) is 19.0 Å². The third kappa shape index (κ3) is 7.41. The fraction of sp³-hybridized carbons (Fsp3) is 0.387. The highest BCUT2D eigenvalue weighted by Gasteiger charge is 2.39. The maximum Gasteiger partial charge on any atom is 0.358 e. The fourth-order valence-corrected chi connectivity index (χ4v) is 4.89. The molecule has 3 atom stereocenters. The van der Waals surface area contributed by atoms with Crippen LogP contribution in [0.1, 0.15) is 83.0 Å². The van der Waals surface area contributed by atoms with E-state index in [9.17, 15) is 14.4 Å². The van der Waals surface area contributed by atoms with E-state index >= 15 is 0 Å². The third-order valence-corrected chi connectivity index (χ3v) is 6.85. The molecule has 1 aliphatic heterocycles. The van der Waals surface area contributed by atoms with E-state index in [0.29, 0.717) is 29.1 Å². The van der Waals surface area contributed by atoms with Crippen LogP contribution in [0, 0.1) is 12.8 Å². The largest absolute Gasteiger partial charge is 0.465 e. The zero-order valence-corrected chi connectivity index (χ0v) is 24.7. The van der Waals surface area contributed by atoms with Gasteiger partial charge in [0.1, 0.15) is 16.7 Å². The summed E-state index contributed by atoms with van der Waals surface area (Å²) in [6.07, 6.45) is 0.572. The van der Waals surface area contributed by atoms with Crippen LogP contribution in [0.25, 0.3) is 0 Å². The number of ether oxygens (including phenoxy) is 3. The number of nitrogens with one attached hydrogen (secondary N) is 1. The molecule has 3 heterocycles. The van der Waals surface area contributed by atoms with Crippen LogP contribution in [0.4, 0.5) is 5.69 Å². The Morgan fingerprint density at radius 1 is 1.10 bits per heavy atom. The fourth-order valence-electron chi connectivity index (χ4n) is 4.74. The number of aryl methyl sites for hydroxylation is 1. The predicted octanol–water partition coefficient (Wildman–Crippen LogP) is 5.85. The van der Waals surface area contributed by atoms with E-state index in [4.69, 9.17) is 30.8 Å². The number of halogens is 1. The Balaban J connectivity index is 1.54. The molecule has 0 bridgehead atoms. The van der Waals surface area contributed by atoms with Crippen LogP contribution in [0.5, 0.6) is 0 Å². The maximum absolute atomic E-state index is 12.9. The number of pyridine rings is 2. The van der Waals surface area contributed by atoms with Gasteiger partial charge in [0.25, 0.3) is 0 Å². The Morgan fingerprint density at radius 2 is 1.80 bits per heavy atom. The number of hydrogen-bond acceptors (Lipinski definition) is 9. The standard InChI is InChI=1S/C31H34ClN3O6/c1-17-13-23(18(2)33-22-11-12-25(32)35-27(22)30(38)39-6)34-24(14-17)26-21(16-40-29(26)37)15-19-7-9-20(10-8-19)28(36)41-31(3,4)5/h7-14,18,21,26,33H,15-16H2,1-6H3/t18-,21?,26+/m1/s1. The Bertz CT molecular complexity index is 1450. The zero-order valence-electron chi connectivity index (χ0n) is 24.0. The van der Waals surface area contributed by atoms with Gasteiger partial charge in [0.2, 0.25) is 0 Å². The number of esters is 3. The van der Waals surface area contributed by atoms with Gasteiger partial charge in [0.15, 0.2) is 5.69 Å². The molecule has 216 valence electrons. The van der Waals surface area contributed by atoms with Crippen molar-refractivity contribution in [2.24, 2.45) is 5.92 Å². The minimum absolute atomic E-state index is 0.0665. The van der Waals surface area contributed by atoms with E-state index < -0.39 is 17.5 Å². The van der Waals surface area contributed by atoms with Crippen molar-refractivity contribution in [2.45, 2.75) is 58.6 Å². The summed E-state index contributed by atoms with van der Waals surface area (Å²) in [5.41, 5.74) is 3.62. The molecular formula is C31H34ClN3O6. The summed E-state index contributed by atoms with van der Waals surface area (Å²) in [5.74, 6) is -2.00. The minimum Gasteiger partial charge on any atom is -0.465 e. The first kappa shape index (κ1) is 30.0. The van der Waals surface area contributed by atoms with E-state index in [2.05, 4.69) is 10.3 Å². The van der Waals surface area contributed by atoms with Crippen molar-refractivity contribution in [3.63, 3.8) is 0 Å². The number of cyclic esters (lactones) is 1. The lowest BCUT2D eigenvalue weighted by Crippen LogP contribution is -2.23. The van der Waals surface area contributed by atoms with Crippen molar-refractivity contribution in [3.8, 4) is 0 Å². The number of rotatable bonds is 8. The Kier molecular flexibility index (Phi) is 8.97. The van der Waals surface area contributed by atoms with Crippen LogP contribution in [0.15, 0.2) is 48.5 Å². The number of hydrogen-bond donors (Lipinski definition) is 1. The van der Waals surface area contributed by atoms with Crippen LogP contribution in [0.3, 0.4) is 0 Å². The molecule has 1 aliphatic rings. The van der Waals surface area contributed by atoms with Crippen molar-refractivity contribution >= 4 is 35.2 Å². The molecule has 0 radical (unpaired) electrons. The summed E-state index contributed by atoms with van der Waals surface area (Å²) in [6, 6.07) is 13.9. The lowest BCUT2D eigenvalue weighted by atomic mass is 9.86. The predicted molar refractivity (Wildman–Crippen MR) is 154 cm³/mol. The molecule has 2 aromatic heterocycles. The SMILES string of the molecule is COC(=O)c1nc(Cl)ccc1N[C@H](C)c1cc(C)cc([C@H]2C(=O)OCC2Cc2ccc(C(=O)OC(C)(C)C)cc2)n1. The summed E-state index contributed by atoms with van der Waals surface area (Å²) < 4.78 is 15.8. The van der Waals surface area contributed by atoms with Crippen molar-refractivity contribution in [1.82, 2.24) is 9.97 Å².